The summed E-state index contributed by atoms with van der Waals surface area (Å²) in [5.41, 5.74) is 3.05. The van der Waals surface area contributed by atoms with Gasteiger partial charge in [-0.3, -0.25) is 0 Å². The van der Waals surface area contributed by atoms with Crippen LogP contribution in [-0.2, 0) is 6.54 Å². The van der Waals surface area contributed by atoms with Crippen molar-refractivity contribution in [3.63, 3.8) is 0 Å². The fourth-order valence-corrected chi connectivity index (χ4v) is 2.68. The Labute approximate surface area is 103 Å². The Morgan fingerprint density at radius 1 is 1.35 bits per heavy atom. The van der Waals surface area contributed by atoms with Crippen molar-refractivity contribution in [2.24, 2.45) is 0 Å². The Hall–Kier alpha value is -1.65. The van der Waals surface area contributed by atoms with Crippen LogP contribution in [0.2, 0.25) is 0 Å². The van der Waals surface area contributed by atoms with Crippen LogP contribution in [0.25, 0.3) is 21.5 Å². The lowest BCUT2D eigenvalue weighted by molar-refractivity contribution is 0.617. The number of furan rings is 1. The van der Waals surface area contributed by atoms with Crippen molar-refractivity contribution in [2.75, 3.05) is 7.05 Å². The molecule has 0 saturated carbocycles. The van der Waals surface area contributed by atoms with E-state index in [9.17, 15) is 0 Å². The molecule has 0 unspecified atom stereocenters. The molecule has 1 N–H and O–H groups in total. The van der Waals surface area contributed by atoms with Gasteiger partial charge in [0, 0.05) is 17.3 Å². The Kier molecular flexibility index (Phi) is 2.66. The molecule has 86 valence electrons. The van der Waals surface area contributed by atoms with Crippen LogP contribution < -0.4 is 5.32 Å². The molecule has 0 spiro atoms. The molecule has 0 bridgehead atoms. The molecular formula is C13H12N2OS. The highest BCUT2D eigenvalue weighted by atomic mass is 32.1. The van der Waals surface area contributed by atoms with Crippen LogP contribution in [0.5, 0.6) is 0 Å². The quantitative estimate of drug-likeness (QED) is 0.768. The van der Waals surface area contributed by atoms with E-state index in [-0.39, 0.29) is 0 Å². The first-order valence-corrected chi connectivity index (χ1v) is 6.32. The van der Waals surface area contributed by atoms with Gasteiger partial charge in [0.2, 0.25) is 0 Å². The van der Waals surface area contributed by atoms with E-state index in [4.69, 9.17) is 4.42 Å². The van der Waals surface area contributed by atoms with E-state index >= 15 is 0 Å². The third kappa shape index (κ3) is 1.85. The molecule has 17 heavy (non-hydrogen) atoms. The lowest BCUT2D eigenvalue weighted by Crippen LogP contribution is -2.04. The summed E-state index contributed by atoms with van der Waals surface area (Å²) in [6.07, 6.45) is 1.78. The third-order valence-electron chi connectivity index (χ3n) is 2.62. The molecule has 0 aliphatic heterocycles. The Bertz CT molecular complexity index is 641. The van der Waals surface area contributed by atoms with Crippen molar-refractivity contribution in [2.45, 2.75) is 6.54 Å². The van der Waals surface area contributed by atoms with Crippen molar-refractivity contribution in [1.29, 1.82) is 0 Å². The van der Waals surface area contributed by atoms with Crippen LogP contribution in [0.1, 0.15) is 5.69 Å². The molecule has 1 aromatic carbocycles. The standard InChI is InChI=1S/C13H12N2OS/c1-14-6-9-8-17-13(15-9)11-7-16-12-5-3-2-4-10(11)12/h2-5,7-8,14H,6H2,1H3. The minimum absolute atomic E-state index is 0.798. The van der Waals surface area contributed by atoms with E-state index in [0.29, 0.717) is 0 Å². The first-order chi connectivity index (χ1) is 8.38. The number of benzene rings is 1. The molecule has 0 aliphatic carbocycles. The number of nitrogens with one attached hydrogen (secondary N) is 1. The molecular weight excluding hydrogens is 232 g/mol. The number of rotatable bonds is 3. The zero-order valence-electron chi connectivity index (χ0n) is 9.43. The maximum absolute atomic E-state index is 5.52. The molecule has 0 saturated heterocycles. The molecule has 3 nitrogen and oxygen atoms in total. The molecule has 0 fully saturated rings. The fourth-order valence-electron chi connectivity index (χ4n) is 1.84. The van der Waals surface area contributed by atoms with Crippen molar-refractivity contribution >= 4 is 22.3 Å². The van der Waals surface area contributed by atoms with Gasteiger partial charge in [-0.2, -0.15) is 0 Å². The topological polar surface area (TPSA) is 38.1 Å². The van der Waals surface area contributed by atoms with Gasteiger partial charge >= 0.3 is 0 Å². The van der Waals surface area contributed by atoms with Gasteiger partial charge in [-0.1, -0.05) is 18.2 Å². The molecule has 0 atom stereocenters. The molecule has 3 rings (SSSR count). The molecule has 2 aromatic heterocycles. The van der Waals surface area contributed by atoms with Crippen molar-refractivity contribution < 1.29 is 4.42 Å². The van der Waals surface area contributed by atoms with E-state index in [2.05, 4.69) is 21.7 Å². The van der Waals surface area contributed by atoms with E-state index < -0.39 is 0 Å². The molecule has 4 heteroatoms. The summed E-state index contributed by atoms with van der Waals surface area (Å²) in [5.74, 6) is 0. The summed E-state index contributed by atoms with van der Waals surface area (Å²) in [6.45, 7) is 0.798. The summed E-state index contributed by atoms with van der Waals surface area (Å²) >= 11 is 1.65. The normalized spacial score (nSPS) is 11.1. The van der Waals surface area contributed by atoms with Crippen LogP contribution in [0.4, 0.5) is 0 Å². The predicted molar refractivity (Wildman–Crippen MR) is 70.1 cm³/mol. The number of thiazole rings is 1. The van der Waals surface area contributed by atoms with Gasteiger partial charge in [0.1, 0.15) is 16.9 Å². The highest BCUT2D eigenvalue weighted by Crippen LogP contribution is 2.32. The summed E-state index contributed by atoms with van der Waals surface area (Å²) in [4.78, 5) is 4.59. The Balaban J connectivity index is 2.07. The minimum Gasteiger partial charge on any atom is -0.464 e. The summed E-state index contributed by atoms with van der Waals surface area (Å²) in [7, 11) is 1.92. The SMILES string of the molecule is CNCc1csc(-c2coc3ccccc23)n1. The van der Waals surface area contributed by atoms with Crippen molar-refractivity contribution in [3.8, 4) is 10.6 Å². The van der Waals surface area contributed by atoms with Crippen LogP contribution >= 0.6 is 11.3 Å². The van der Waals surface area contributed by atoms with Crippen LogP contribution in [-0.4, -0.2) is 12.0 Å². The van der Waals surface area contributed by atoms with Crippen LogP contribution in [0.15, 0.2) is 40.3 Å². The number of para-hydroxylation sites is 1. The largest absolute Gasteiger partial charge is 0.464 e. The maximum Gasteiger partial charge on any atom is 0.134 e. The lowest BCUT2D eigenvalue weighted by Gasteiger charge is -1.93. The first-order valence-electron chi connectivity index (χ1n) is 5.44. The van der Waals surface area contributed by atoms with E-state index in [1.165, 1.54) is 0 Å². The van der Waals surface area contributed by atoms with Gasteiger partial charge < -0.3 is 9.73 Å². The molecule has 0 radical (unpaired) electrons. The lowest BCUT2D eigenvalue weighted by atomic mass is 10.2. The van der Waals surface area contributed by atoms with E-state index in [0.717, 1.165) is 33.8 Å². The molecule has 0 aliphatic rings. The molecule has 2 heterocycles. The number of aromatic nitrogens is 1. The highest BCUT2D eigenvalue weighted by molar-refractivity contribution is 7.13. The minimum atomic E-state index is 0.798. The number of nitrogens with zero attached hydrogens (tertiary/aromatic N) is 1. The second-order valence-electron chi connectivity index (χ2n) is 3.82. The number of fused-ring (bicyclic) bond motifs is 1. The predicted octanol–water partition coefficient (Wildman–Crippen LogP) is 3.28. The van der Waals surface area contributed by atoms with Crippen molar-refractivity contribution in [1.82, 2.24) is 10.3 Å². The molecule has 0 amide bonds. The van der Waals surface area contributed by atoms with Crippen LogP contribution in [0, 0.1) is 0 Å². The highest BCUT2D eigenvalue weighted by Gasteiger charge is 2.10. The fraction of sp³-hybridized carbons (Fsp3) is 0.154. The second-order valence-corrected chi connectivity index (χ2v) is 4.68. The van der Waals surface area contributed by atoms with Gasteiger partial charge in [0.25, 0.3) is 0 Å². The number of hydrogen-bond donors (Lipinski definition) is 1. The van der Waals surface area contributed by atoms with Crippen molar-refractivity contribution in [3.05, 3.63) is 41.6 Å². The average molecular weight is 244 g/mol. The zero-order valence-corrected chi connectivity index (χ0v) is 10.3. The maximum atomic E-state index is 5.52. The molecule has 3 aromatic rings. The van der Waals surface area contributed by atoms with E-state index in [1.807, 2.05) is 25.2 Å². The average Bonchev–Trinajstić information content (AvgIpc) is 2.95. The van der Waals surface area contributed by atoms with Crippen LogP contribution in [0.3, 0.4) is 0 Å². The van der Waals surface area contributed by atoms with Gasteiger partial charge in [-0.25, -0.2) is 4.98 Å². The second kappa shape index (κ2) is 4.31. The third-order valence-corrected chi connectivity index (χ3v) is 3.55. The smallest absolute Gasteiger partial charge is 0.134 e. The van der Waals surface area contributed by atoms with Gasteiger partial charge in [0.05, 0.1) is 11.3 Å². The van der Waals surface area contributed by atoms with Gasteiger partial charge in [-0.05, 0) is 13.1 Å². The summed E-state index contributed by atoms with van der Waals surface area (Å²) < 4.78 is 5.52. The monoisotopic (exact) mass is 244 g/mol. The Morgan fingerprint density at radius 3 is 3.12 bits per heavy atom. The number of hydrogen-bond acceptors (Lipinski definition) is 4. The van der Waals surface area contributed by atoms with Gasteiger partial charge in [-0.15, -0.1) is 11.3 Å². The van der Waals surface area contributed by atoms with Gasteiger partial charge in [0.15, 0.2) is 0 Å². The first kappa shape index (κ1) is 10.5. The summed E-state index contributed by atoms with van der Waals surface area (Å²) in [6, 6.07) is 8.03. The Morgan fingerprint density at radius 2 is 2.24 bits per heavy atom. The zero-order chi connectivity index (χ0) is 11.7. The van der Waals surface area contributed by atoms with E-state index in [1.54, 1.807) is 17.6 Å². The summed E-state index contributed by atoms with van der Waals surface area (Å²) in [5, 5.41) is 7.31.